The Morgan fingerprint density at radius 2 is 0.374 bits per heavy atom. The third-order valence-electron chi connectivity index (χ3n) is 20.9. The molecule has 0 saturated carbocycles. The summed E-state index contributed by atoms with van der Waals surface area (Å²) in [5, 5.41) is 59.7. The van der Waals surface area contributed by atoms with E-state index >= 15 is 0 Å². The van der Waals surface area contributed by atoms with Crippen LogP contribution in [0.15, 0.2) is 0 Å². The van der Waals surface area contributed by atoms with Gasteiger partial charge in [0.25, 0.3) is 0 Å². The van der Waals surface area contributed by atoms with Crippen molar-refractivity contribution in [3.8, 4) is 0 Å². The molecule has 592 valence electrons. The molecule has 4 unspecified atom stereocenters. The molecule has 0 aliphatic carbocycles. The van der Waals surface area contributed by atoms with E-state index in [0.29, 0.717) is 73.9 Å². The number of carboxylic acids is 4. The number of carbonyl (C=O) groups is 4. The van der Waals surface area contributed by atoms with Crippen LogP contribution >= 0.6 is 0 Å². The monoisotopic (exact) mass is 1430 g/mol. The Morgan fingerprint density at radius 1 is 0.263 bits per heavy atom. The van der Waals surface area contributed by atoms with Crippen LogP contribution in [-0.4, -0.2) is 148 Å². The van der Waals surface area contributed by atoms with Gasteiger partial charge in [-0.2, -0.15) is 0 Å². The van der Waals surface area contributed by atoms with Gasteiger partial charge in [-0.1, -0.05) is 387 Å². The van der Waals surface area contributed by atoms with Gasteiger partial charge in [0.15, 0.2) is 0 Å². The summed E-state index contributed by atoms with van der Waals surface area (Å²) in [5.74, 6) is -5.17. The van der Waals surface area contributed by atoms with E-state index in [1.807, 2.05) is 14.1 Å². The van der Waals surface area contributed by atoms with Crippen LogP contribution in [0.25, 0.3) is 0 Å². The molecule has 16 nitrogen and oxygen atoms in total. The van der Waals surface area contributed by atoms with Crippen molar-refractivity contribution in [3.63, 3.8) is 0 Å². The second-order valence-electron chi connectivity index (χ2n) is 31.0. The lowest BCUT2D eigenvalue weighted by Gasteiger charge is -2.38. The summed E-state index contributed by atoms with van der Waals surface area (Å²) in [4.78, 5) is 48.8. The van der Waals surface area contributed by atoms with Gasteiger partial charge in [-0.25, -0.2) is 0 Å². The number of rotatable bonds is 76. The summed E-state index contributed by atoms with van der Waals surface area (Å²) in [7, 11) is -1.28. The Hall–Kier alpha value is -2.41. The molecule has 0 radical (unpaired) electrons. The number of likely N-dealkylation sites (N-methyl/N-ethyl adjacent to an activating group) is 2. The lowest BCUT2D eigenvalue weighted by Crippen LogP contribution is -2.53. The van der Waals surface area contributed by atoms with Crippen LogP contribution in [0.4, 0.5) is 0 Å². The van der Waals surface area contributed by atoms with E-state index in [9.17, 15) is 49.8 Å². The van der Waals surface area contributed by atoms with E-state index in [-0.39, 0.29) is 13.2 Å². The predicted octanol–water partition coefficient (Wildman–Crippen LogP) is 21.8. The Morgan fingerprint density at radius 3 is 0.475 bits per heavy atom. The Bertz CT molecular complexity index is 1650. The molecule has 0 bridgehead atoms. The van der Waals surface area contributed by atoms with E-state index in [4.69, 9.17) is 17.5 Å². The topological polar surface area (TPSA) is 270 Å². The normalized spacial score (nSPS) is 14.1. The molecule has 0 rings (SSSR count). The zero-order valence-corrected chi connectivity index (χ0v) is 66.5. The molecular weight excluding hydrogens is 1270 g/mol. The lowest BCUT2D eigenvalue weighted by molar-refractivity contribution is -0.914. The minimum Gasteiger partial charge on any atom is -0.759 e. The summed E-state index contributed by atoms with van der Waals surface area (Å²) >= 11 is 0. The first-order chi connectivity index (χ1) is 47.6. The van der Waals surface area contributed by atoms with Gasteiger partial charge >= 0.3 is 23.9 Å². The molecule has 0 aliphatic rings. The van der Waals surface area contributed by atoms with Gasteiger partial charge in [0, 0.05) is 10.4 Å². The molecule has 0 fully saturated rings. The highest BCUT2D eigenvalue weighted by atomic mass is 32.3. The van der Waals surface area contributed by atoms with Crippen LogP contribution in [-0.2, 0) is 29.6 Å². The zero-order valence-electron chi connectivity index (χ0n) is 65.6. The second-order valence-corrected chi connectivity index (χ2v) is 31.8. The number of carboxylic acid groups (broad SMARTS) is 4. The molecule has 0 aromatic heterocycles. The van der Waals surface area contributed by atoms with Crippen molar-refractivity contribution in [1.82, 2.24) is 0 Å². The van der Waals surface area contributed by atoms with Gasteiger partial charge < -0.3 is 48.7 Å². The molecular formula is C82H164N2O14S. The van der Waals surface area contributed by atoms with Crippen molar-refractivity contribution in [1.29, 1.82) is 0 Å². The molecule has 17 heteroatoms. The average Bonchev–Trinajstić information content (AvgIpc) is 0.859. The fraction of sp³-hybridized carbons (Fsp3) is 0.951. The largest absolute Gasteiger partial charge is 0.759 e. The minimum atomic E-state index is -5.17. The minimum absolute atomic E-state index is 0.0626. The quantitative estimate of drug-likeness (QED) is 0.0143. The van der Waals surface area contributed by atoms with Crippen LogP contribution in [0.5, 0.6) is 0 Å². The maximum Gasteiger partial charge on any atom is 0.312 e. The number of aliphatic hydroxyl groups excluding tert-OH is 2. The van der Waals surface area contributed by atoms with Gasteiger partial charge in [-0.05, 0) is 25.7 Å². The maximum absolute atomic E-state index is 12.2. The third kappa shape index (κ3) is 75.1. The van der Waals surface area contributed by atoms with Crippen molar-refractivity contribution in [2.75, 3.05) is 66.6 Å². The number of hydrogen-bond donors (Lipinski definition) is 6. The van der Waals surface area contributed by atoms with E-state index in [1.54, 1.807) is 0 Å². The fourth-order valence-electron chi connectivity index (χ4n) is 14.6. The molecule has 0 saturated heterocycles. The number of unbranched alkanes of at least 4 members (excludes halogenated alkanes) is 52. The third-order valence-corrected chi connectivity index (χ3v) is 20.9. The molecule has 0 aromatic rings. The number of aliphatic carboxylic acids is 4. The summed E-state index contributed by atoms with van der Waals surface area (Å²) in [6.07, 6.45) is 74.0. The Balaban J connectivity index is -0.00000174. The van der Waals surface area contributed by atoms with E-state index in [1.165, 1.54) is 283 Å². The van der Waals surface area contributed by atoms with Gasteiger partial charge in [-0.15, -0.1) is 0 Å². The van der Waals surface area contributed by atoms with Crippen molar-refractivity contribution in [2.45, 2.75) is 413 Å². The van der Waals surface area contributed by atoms with E-state index in [0.717, 1.165) is 77.0 Å². The summed E-state index contributed by atoms with van der Waals surface area (Å²) < 4.78 is 34.7. The smallest absolute Gasteiger partial charge is 0.312 e. The van der Waals surface area contributed by atoms with Crippen LogP contribution in [0.2, 0.25) is 0 Å². The van der Waals surface area contributed by atoms with Gasteiger partial charge in [0.05, 0.1) is 53.5 Å². The number of quaternary nitrogens is 2. The molecule has 0 spiro atoms. The first kappa shape index (κ1) is 101. The van der Waals surface area contributed by atoms with Crippen molar-refractivity contribution in [3.05, 3.63) is 0 Å². The first-order valence-electron chi connectivity index (χ1n) is 42.1. The van der Waals surface area contributed by atoms with Crippen molar-refractivity contribution in [2.24, 2.45) is 23.7 Å². The SMILES string of the molecule is CCCCCCCCCCCCCCCCC(C[N+](C)(CCO)CC(CCCCCCCCCCCCCCCC)C(=O)O)C(=O)O.CCCCCCCCCCCCCCCCC(C[N+](C)(CCO)CC(CCCCCCCCCCCCCCCC)C(=O)O)C(=O)O.O=S(=O)([O-])[O-]. The van der Waals surface area contributed by atoms with Crippen LogP contribution in [0.3, 0.4) is 0 Å². The molecule has 0 aromatic carbocycles. The second kappa shape index (κ2) is 73.9. The molecule has 0 aliphatic heterocycles. The van der Waals surface area contributed by atoms with Gasteiger partial charge in [0.1, 0.15) is 36.8 Å². The zero-order chi connectivity index (χ0) is 74.2. The molecule has 99 heavy (non-hydrogen) atoms. The van der Waals surface area contributed by atoms with Crippen molar-refractivity contribution < 1.29 is 76.3 Å². The summed E-state index contributed by atoms with van der Waals surface area (Å²) in [5.41, 5.74) is 0. The maximum atomic E-state index is 12.2. The molecule has 0 heterocycles. The first-order valence-corrected chi connectivity index (χ1v) is 43.4. The highest BCUT2D eigenvalue weighted by Crippen LogP contribution is 2.26. The highest BCUT2D eigenvalue weighted by Gasteiger charge is 2.36. The van der Waals surface area contributed by atoms with Crippen LogP contribution in [0.1, 0.15) is 413 Å². The lowest BCUT2D eigenvalue weighted by atomic mass is 9.95. The number of hydrogen-bond acceptors (Lipinski definition) is 10. The number of nitrogens with zero attached hydrogens (tertiary/aromatic N) is 2. The van der Waals surface area contributed by atoms with Gasteiger partial charge in [-0.3, -0.25) is 27.6 Å². The Kier molecular flexibility index (Phi) is 75.2. The van der Waals surface area contributed by atoms with Crippen LogP contribution in [0, 0.1) is 23.7 Å². The molecule has 4 atom stereocenters. The average molecular weight is 1430 g/mol. The van der Waals surface area contributed by atoms with E-state index < -0.39 is 57.9 Å². The summed E-state index contributed by atoms with van der Waals surface area (Å²) in [6, 6.07) is 0. The predicted molar refractivity (Wildman–Crippen MR) is 410 cm³/mol. The molecule has 6 N–H and O–H groups in total. The van der Waals surface area contributed by atoms with Crippen LogP contribution < -0.4 is 0 Å². The molecule has 0 amide bonds. The standard InChI is InChI=1S/2C41H81NO5.H2O4S/c2*1-4-6-8-10-12-14-16-18-20-22-24-26-28-30-32-38(40(44)45)36-42(3,34-35-43)37-39(41(46)47)33-31-29-27-25-23-21-19-17-15-13-11-9-7-5-2;1-5(2,3)4/h2*38-39,43H,4-37H2,1-3H3,(H-,44,45,46,47);(H2,1,2,3,4). The number of aliphatic hydroxyl groups is 2. The summed E-state index contributed by atoms with van der Waals surface area (Å²) in [6.45, 7) is 11.3. The van der Waals surface area contributed by atoms with Crippen molar-refractivity contribution >= 4 is 34.3 Å². The Labute approximate surface area is 610 Å². The highest BCUT2D eigenvalue weighted by molar-refractivity contribution is 7.79. The fourth-order valence-corrected chi connectivity index (χ4v) is 14.6. The van der Waals surface area contributed by atoms with Gasteiger partial charge in [0.2, 0.25) is 0 Å². The van der Waals surface area contributed by atoms with E-state index in [2.05, 4.69) is 27.7 Å².